The summed E-state index contributed by atoms with van der Waals surface area (Å²) in [6.07, 6.45) is 0.260. The number of urea groups is 1. The monoisotopic (exact) mass is 367 g/mol. The Kier molecular flexibility index (Phi) is 4.58. The Morgan fingerprint density at radius 1 is 1.11 bits per heavy atom. The van der Waals surface area contributed by atoms with E-state index in [2.05, 4.69) is 10.6 Å². The zero-order valence-electron chi connectivity index (χ0n) is 15.0. The molecular weight excluding hydrogens is 346 g/mol. The maximum Gasteiger partial charge on any atom is 0.319 e. The van der Waals surface area contributed by atoms with Crippen molar-refractivity contribution in [2.24, 2.45) is 0 Å². The van der Waals surface area contributed by atoms with E-state index >= 15 is 0 Å². The van der Waals surface area contributed by atoms with Gasteiger partial charge in [-0.1, -0.05) is 18.2 Å². The summed E-state index contributed by atoms with van der Waals surface area (Å²) in [5.74, 6) is 1.29. The van der Waals surface area contributed by atoms with Gasteiger partial charge in [0, 0.05) is 30.4 Å². The average Bonchev–Trinajstić information content (AvgIpc) is 3.03. The van der Waals surface area contributed by atoms with E-state index in [1.54, 1.807) is 4.90 Å². The van der Waals surface area contributed by atoms with Crippen molar-refractivity contribution in [3.05, 3.63) is 48.0 Å². The summed E-state index contributed by atoms with van der Waals surface area (Å²) in [7, 11) is 0. The first kappa shape index (κ1) is 17.2. The number of nitrogens with zero attached hydrogens (tertiary/aromatic N) is 1. The molecule has 7 heteroatoms. The lowest BCUT2D eigenvalue weighted by atomic mass is 10.2. The number of carbonyl (C=O) groups excluding carboxylic acids is 2. The molecule has 1 fully saturated rings. The minimum atomic E-state index is -0.314. The number of aryl methyl sites for hydroxylation is 1. The van der Waals surface area contributed by atoms with Crippen LogP contribution in [-0.2, 0) is 4.79 Å². The predicted octanol–water partition coefficient (Wildman–Crippen LogP) is 2.69. The van der Waals surface area contributed by atoms with Crippen LogP contribution in [-0.4, -0.2) is 37.7 Å². The van der Waals surface area contributed by atoms with Crippen molar-refractivity contribution in [1.82, 2.24) is 5.32 Å². The molecule has 27 heavy (non-hydrogen) atoms. The number of nitrogens with one attached hydrogen (secondary N) is 2. The molecule has 140 valence electrons. The molecule has 0 saturated carbocycles. The van der Waals surface area contributed by atoms with Crippen molar-refractivity contribution < 1.29 is 19.1 Å². The molecule has 2 heterocycles. The van der Waals surface area contributed by atoms with Gasteiger partial charge in [-0.05, 0) is 30.7 Å². The van der Waals surface area contributed by atoms with Gasteiger partial charge >= 0.3 is 6.03 Å². The third-order valence-electron chi connectivity index (χ3n) is 4.69. The molecule has 4 rings (SSSR count). The lowest BCUT2D eigenvalue weighted by Gasteiger charge is -2.22. The Hall–Kier alpha value is -3.22. The number of anilines is 2. The molecule has 0 aliphatic carbocycles. The van der Waals surface area contributed by atoms with Gasteiger partial charge in [0.25, 0.3) is 0 Å². The summed E-state index contributed by atoms with van der Waals surface area (Å²) in [6, 6.07) is 12.4. The van der Waals surface area contributed by atoms with E-state index in [-0.39, 0.29) is 24.4 Å². The van der Waals surface area contributed by atoms with Crippen molar-refractivity contribution in [3.63, 3.8) is 0 Å². The number of rotatable bonds is 3. The molecular formula is C20H21N3O4. The largest absolute Gasteiger partial charge is 0.486 e. The highest BCUT2D eigenvalue weighted by atomic mass is 16.6. The van der Waals surface area contributed by atoms with Crippen LogP contribution < -0.4 is 25.0 Å². The van der Waals surface area contributed by atoms with Gasteiger partial charge < -0.3 is 25.0 Å². The van der Waals surface area contributed by atoms with Gasteiger partial charge in [0.1, 0.15) is 13.2 Å². The van der Waals surface area contributed by atoms with E-state index in [1.165, 1.54) is 0 Å². The number of ether oxygens (including phenoxy) is 2. The fraction of sp³-hybridized carbons (Fsp3) is 0.300. The van der Waals surface area contributed by atoms with Gasteiger partial charge in [0.2, 0.25) is 5.91 Å². The summed E-state index contributed by atoms with van der Waals surface area (Å²) >= 11 is 0. The highest BCUT2D eigenvalue weighted by molar-refractivity contribution is 5.98. The number of benzene rings is 2. The van der Waals surface area contributed by atoms with Gasteiger partial charge in [-0.2, -0.15) is 0 Å². The average molecular weight is 367 g/mol. The molecule has 2 aromatic rings. The molecule has 2 N–H and O–H groups in total. The quantitative estimate of drug-likeness (QED) is 0.874. The first-order chi connectivity index (χ1) is 13.1. The standard InChI is InChI=1S/C20H21N3O4/c1-13-4-2-3-5-16(13)22-20(25)21-14-10-19(24)23(12-14)15-6-7-17-18(11-15)27-9-8-26-17/h2-7,11,14H,8-10,12H2,1H3,(H2,21,22,25). The number of carbonyl (C=O) groups is 2. The second-order valence-electron chi connectivity index (χ2n) is 6.65. The van der Waals surface area contributed by atoms with Crippen LogP contribution in [0.25, 0.3) is 0 Å². The third-order valence-corrected chi connectivity index (χ3v) is 4.69. The summed E-state index contributed by atoms with van der Waals surface area (Å²) in [4.78, 5) is 26.4. The number of hydrogen-bond acceptors (Lipinski definition) is 4. The van der Waals surface area contributed by atoms with E-state index in [0.29, 0.717) is 31.3 Å². The highest BCUT2D eigenvalue weighted by Crippen LogP contribution is 2.35. The molecule has 1 saturated heterocycles. The SMILES string of the molecule is Cc1ccccc1NC(=O)NC1CC(=O)N(c2ccc3c(c2)OCCO3)C1. The van der Waals surface area contributed by atoms with Crippen molar-refractivity contribution >= 4 is 23.3 Å². The van der Waals surface area contributed by atoms with Crippen LogP contribution >= 0.6 is 0 Å². The van der Waals surface area contributed by atoms with Crippen LogP contribution in [0.4, 0.5) is 16.2 Å². The van der Waals surface area contributed by atoms with Gasteiger partial charge in [-0.25, -0.2) is 4.79 Å². The van der Waals surface area contributed by atoms with Crippen LogP contribution in [0.1, 0.15) is 12.0 Å². The number of para-hydroxylation sites is 1. The molecule has 1 atom stereocenters. The fourth-order valence-electron chi connectivity index (χ4n) is 3.31. The maximum absolute atomic E-state index is 12.4. The Balaban J connectivity index is 1.40. The number of hydrogen-bond donors (Lipinski definition) is 2. The topological polar surface area (TPSA) is 79.9 Å². The zero-order chi connectivity index (χ0) is 18.8. The van der Waals surface area contributed by atoms with E-state index in [4.69, 9.17) is 9.47 Å². The Bertz CT molecular complexity index is 883. The first-order valence-electron chi connectivity index (χ1n) is 8.93. The Labute approximate surface area is 157 Å². The van der Waals surface area contributed by atoms with Crippen molar-refractivity contribution in [2.75, 3.05) is 30.0 Å². The first-order valence-corrected chi connectivity index (χ1v) is 8.93. The van der Waals surface area contributed by atoms with Crippen LogP contribution in [0.15, 0.2) is 42.5 Å². The van der Waals surface area contributed by atoms with Gasteiger partial charge in [-0.15, -0.1) is 0 Å². The molecule has 2 aliphatic rings. The molecule has 0 bridgehead atoms. The minimum Gasteiger partial charge on any atom is -0.486 e. The molecule has 1 unspecified atom stereocenters. The third kappa shape index (κ3) is 3.67. The summed E-state index contributed by atoms with van der Waals surface area (Å²) < 4.78 is 11.1. The second kappa shape index (κ2) is 7.19. The maximum atomic E-state index is 12.4. The van der Waals surface area contributed by atoms with Crippen LogP contribution in [0.5, 0.6) is 11.5 Å². The van der Waals surface area contributed by atoms with Gasteiger partial charge in [0.15, 0.2) is 11.5 Å². The normalized spacial score (nSPS) is 18.3. The van der Waals surface area contributed by atoms with Gasteiger partial charge in [-0.3, -0.25) is 4.79 Å². The molecule has 3 amide bonds. The molecule has 7 nitrogen and oxygen atoms in total. The fourth-order valence-corrected chi connectivity index (χ4v) is 3.31. The summed E-state index contributed by atoms with van der Waals surface area (Å²) in [6.45, 7) is 3.36. The second-order valence-corrected chi connectivity index (χ2v) is 6.65. The Morgan fingerprint density at radius 2 is 1.89 bits per heavy atom. The van der Waals surface area contributed by atoms with Crippen LogP contribution in [0.2, 0.25) is 0 Å². The summed E-state index contributed by atoms with van der Waals surface area (Å²) in [5.41, 5.74) is 2.48. The summed E-state index contributed by atoms with van der Waals surface area (Å²) in [5, 5.41) is 5.71. The smallest absolute Gasteiger partial charge is 0.319 e. The predicted molar refractivity (Wildman–Crippen MR) is 102 cm³/mol. The number of fused-ring (bicyclic) bond motifs is 1. The van der Waals surface area contributed by atoms with Crippen molar-refractivity contribution in [2.45, 2.75) is 19.4 Å². The van der Waals surface area contributed by atoms with Gasteiger partial charge in [0.05, 0.1) is 6.04 Å². The molecule has 2 aromatic carbocycles. The lowest BCUT2D eigenvalue weighted by molar-refractivity contribution is -0.117. The molecule has 0 aromatic heterocycles. The highest BCUT2D eigenvalue weighted by Gasteiger charge is 2.32. The lowest BCUT2D eigenvalue weighted by Crippen LogP contribution is -2.39. The molecule has 0 spiro atoms. The minimum absolute atomic E-state index is 0.0344. The van der Waals surface area contributed by atoms with E-state index < -0.39 is 0 Å². The van der Waals surface area contributed by atoms with E-state index in [9.17, 15) is 9.59 Å². The van der Waals surface area contributed by atoms with Crippen LogP contribution in [0, 0.1) is 6.92 Å². The Morgan fingerprint density at radius 3 is 2.70 bits per heavy atom. The van der Waals surface area contributed by atoms with E-state index in [1.807, 2.05) is 49.4 Å². The van der Waals surface area contributed by atoms with Crippen LogP contribution in [0.3, 0.4) is 0 Å². The van der Waals surface area contributed by atoms with Crippen molar-refractivity contribution in [1.29, 1.82) is 0 Å². The van der Waals surface area contributed by atoms with E-state index in [0.717, 1.165) is 16.9 Å². The molecule has 2 aliphatic heterocycles. The number of amides is 3. The zero-order valence-corrected chi connectivity index (χ0v) is 15.0. The molecule has 0 radical (unpaired) electrons. The van der Waals surface area contributed by atoms with Crippen molar-refractivity contribution in [3.8, 4) is 11.5 Å².